The number of nitrogens with zero attached hydrogens (tertiary/aromatic N) is 1. The fraction of sp³-hybridized carbons (Fsp3) is 0.217. The molecule has 0 fully saturated rings. The molecule has 1 aromatic heterocycles. The van der Waals surface area contributed by atoms with E-state index in [9.17, 15) is 4.79 Å². The molecule has 3 rings (SSSR count). The number of aromatic nitrogens is 1. The summed E-state index contributed by atoms with van der Waals surface area (Å²) < 4.78 is 10.5. The highest BCUT2D eigenvalue weighted by molar-refractivity contribution is 7.16. The van der Waals surface area contributed by atoms with Crippen LogP contribution in [0, 0.1) is 20.8 Å². The largest absolute Gasteiger partial charge is 0.493 e. The monoisotopic (exact) mass is 408 g/mol. The third kappa shape index (κ3) is 4.84. The number of hydrogen-bond donors (Lipinski definition) is 1. The van der Waals surface area contributed by atoms with Crippen molar-refractivity contribution in [2.24, 2.45) is 0 Å². The molecule has 0 saturated carbocycles. The van der Waals surface area contributed by atoms with E-state index < -0.39 is 0 Å². The average Bonchev–Trinajstić information content (AvgIpc) is 3.08. The number of nitrogens with one attached hydrogen (secondary N) is 1. The van der Waals surface area contributed by atoms with Crippen molar-refractivity contribution >= 4 is 28.5 Å². The quantitative estimate of drug-likeness (QED) is 0.555. The van der Waals surface area contributed by atoms with Crippen molar-refractivity contribution in [3.05, 3.63) is 64.0 Å². The maximum Gasteiger partial charge on any atom is 0.250 e. The summed E-state index contributed by atoms with van der Waals surface area (Å²) in [5.41, 5.74) is 5.26. The molecule has 0 radical (unpaired) electrons. The zero-order valence-electron chi connectivity index (χ0n) is 17.2. The first kappa shape index (κ1) is 20.6. The topological polar surface area (TPSA) is 60.5 Å². The summed E-state index contributed by atoms with van der Waals surface area (Å²) in [6, 6.07) is 11.8. The van der Waals surface area contributed by atoms with E-state index in [1.807, 2.05) is 19.1 Å². The number of benzene rings is 2. The molecular weight excluding hydrogens is 384 g/mol. The van der Waals surface area contributed by atoms with Crippen molar-refractivity contribution in [3.8, 4) is 22.8 Å². The summed E-state index contributed by atoms with van der Waals surface area (Å²) in [5.74, 6) is 1.02. The minimum Gasteiger partial charge on any atom is -0.493 e. The van der Waals surface area contributed by atoms with Gasteiger partial charge < -0.3 is 9.47 Å². The fourth-order valence-electron chi connectivity index (χ4n) is 2.88. The SMILES string of the molecule is COc1ccc(/C=C/C(=O)Nc2nc(-c3ccc(C)c(C)c3)c(C)s2)cc1OC. The lowest BCUT2D eigenvalue weighted by Gasteiger charge is -2.07. The summed E-state index contributed by atoms with van der Waals surface area (Å²) in [5, 5.41) is 3.43. The maximum atomic E-state index is 12.3. The van der Waals surface area contributed by atoms with Gasteiger partial charge in [-0.25, -0.2) is 4.98 Å². The molecule has 0 aliphatic rings. The molecule has 0 saturated heterocycles. The minimum atomic E-state index is -0.236. The molecule has 0 spiro atoms. The summed E-state index contributed by atoms with van der Waals surface area (Å²) in [7, 11) is 3.17. The van der Waals surface area contributed by atoms with Crippen LogP contribution in [0.25, 0.3) is 17.3 Å². The van der Waals surface area contributed by atoms with Crippen LogP contribution in [-0.4, -0.2) is 25.1 Å². The van der Waals surface area contributed by atoms with E-state index in [1.165, 1.54) is 28.5 Å². The molecule has 2 aromatic carbocycles. The lowest BCUT2D eigenvalue weighted by Crippen LogP contribution is -2.07. The van der Waals surface area contributed by atoms with Gasteiger partial charge in [0.1, 0.15) is 0 Å². The van der Waals surface area contributed by atoms with Crippen molar-refractivity contribution in [1.29, 1.82) is 0 Å². The van der Waals surface area contributed by atoms with Gasteiger partial charge in [0.25, 0.3) is 0 Å². The van der Waals surface area contributed by atoms with Gasteiger partial charge in [-0.1, -0.05) is 18.2 Å². The van der Waals surface area contributed by atoms with E-state index in [0.717, 1.165) is 21.7 Å². The molecule has 29 heavy (non-hydrogen) atoms. The number of thiazole rings is 1. The molecule has 0 bridgehead atoms. The Morgan fingerprint density at radius 1 is 1.00 bits per heavy atom. The van der Waals surface area contributed by atoms with Gasteiger partial charge in [-0.3, -0.25) is 10.1 Å². The maximum absolute atomic E-state index is 12.3. The minimum absolute atomic E-state index is 0.236. The number of carbonyl (C=O) groups is 1. The molecule has 1 heterocycles. The number of anilines is 1. The Morgan fingerprint density at radius 3 is 2.45 bits per heavy atom. The number of aryl methyl sites for hydroxylation is 3. The van der Waals surface area contributed by atoms with Crippen molar-refractivity contribution in [3.63, 3.8) is 0 Å². The Kier molecular flexibility index (Phi) is 6.34. The molecular formula is C23H24N2O3S. The number of ether oxygens (including phenoxy) is 2. The molecule has 150 valence electrons. The first-order valence-electron chi connectivity index (χ1n) is 9.17. The Balaban J connectivity index is 1.73. The number of methoxy groups -OCH3 is 2. The summed E-state index contributed by atoms with van der Waals surface area (Å²) in [6.07, 6.45) is 3.20. The molecule has 0 atom stereocenters. The number of hydrogen-bond acceptors (Lipinski definition) is 5. The highest BCUT2D eigenvalue weighted by Gasteiger charge is 2.12. The molecule has 0 aliphatic carbocycles. The third-order valence-corrected chi connectivity index (χ3v) is 5.53. The second kappa shape index (κ2) is 8.92. The average molecular weight is 409 g/mol. The number of carbonyl (C=O) groups excluding carboxylic acids is 1. The smallest absolute Gasteiger partial charge is 0.250 e. The fourth-order valence-corrected chi connectivity index (χ4v) is 3.72. The van der Waals surface area contributed by atoms with Crippen LogP contribution in [0.1, 0.15) is 21.6 Å². The van der Waals surface area contributed by atoms with Crippen molar-refractivity contribution in [2.75, 3.05) is 19.5 Å². The van der Waals surface area contributed by atoms with E-state index in [4.69, 9.17) is 9.47 Å². The zero-order chi connectivity index (χ0) is 21.0. The van der Waals surface area contributed by atoms with Gasteiger partial charge in [-0.15, -0.1) is 11.3 Å². The lowest BCUT2D eigenvalue weighted by atomic mass is 10.0. The highest BCUT2D eigenvalue weighted by atomic mass is 32.1. The van der Waals surface area contributed by atoms with Crippen LogP contribution in [0.3, 0.4) is 0 Å². The summed E-state index contributed by atoms with van der Waals surface area (Å²) in [6.45, 7) is 6.18. The Morgan fingerprint density at radius 2 is 1.76 bits per heavy atom. The van der Waals surface area contributed by atoms with Gasteiger partial charge in [0, 0.05) is 16.5 Å². The molecule has 1 N–H and O–H groups in total. The van der Waals surface area contributed by atoms with Crippen LogP contribution >= 0.6 is 11.3 Å². The van der Waals surface area contributed by atoms with Gasteiger partial charge in [-0.2, -0.15) is 0 Å². The predicted molar refractivity (Wildman–Crippen MR) is 119 cm³/mol. The van der Waals surface area contributed by atoms with Crippen molar-refractivity contribution in [2.45, 2.75) is 20.8 Å². The van der Waals surface area contributed by atoms with Crippen LogP contribution < -0.4 is 14.8 Å². The van der Waals surface area contributed by atoms with Gasteiger partial charge in [0.15, 0.2) is 16.6 Å². The molecule has 5 nitrogen and oxygen atoms in total. The van der Waals surface area contributed by atoms with Crippen LogP contribution in [0.15, 0.2) is 42.5 Å². The zero-order valence-corrected chi connectivity index (χ0v) is 18.0. The Bertz CT molecular complexity index is 1070. The molecule has 1 amide bonds. The molecule has 6 heteroatoms. The van der Waals surface area contributed by atoms with Gasteiger partial charge in [-0.05, 0) is 61.7 Å². The molecule has 0 aliphatic heterocycles. The van der Waals surface area contributed by atoms with E-state index in [1.54, 1.807) is 26.4 Å². The van der Waals surface area contributed by atoms with Crippen molar-refractivity contribution in [1.82, 2.24) is 4.98 Å². The Hall–Kier alpha value is -3.12. The standard InChI is InChI=1S/C23H24N2O3S/c1-14-6-9-18(12-15(14)2)22-16(3)29-23(25-22)24-21(26)11-8-17-7-10-19(27-4)20(13-17)28-5/h6-13H,1-5H3,(H,24,25,26)/b11-8+. The first-order valence-corrected chi connectivity index (χ1v) is 9.99. The Labute approximate surface area is 175 Å². The van der Waals surface area contributed by atoms with Gasteiger partial charge >= 0.3 is 0 Å². The third-order valence-electron chi connectivity index (χ3n) is 4.64. The van der Waals surface area contributed by atoms with Crippen molar-refractivity contribution < 1.29 is 14.3 Å². The first-order chi connectivity index (χ1) is 13.9. The lowest BCUT2D eigenvalue weighted by molar-refractivity contribution is -0.111. The molecule has 0 unspecified atom stereocenters. The van der Waals surface area contributed by atoms with Crippen LogP contribution in [0.2, 0.25) is 0 Å². The van der Waals surface area contributed by atoms with E-state index >= 15 is 0 Å². The van der Waals surface area contributed by atoms with E-state index in [-0.39, 0.29) is 5.91 Å². The van der Waals surface area contributed by atoms with Gasteiger partial charge in [0.05, 0.1) is 19.9 Å². The predicted octanol–water partition coefficient (Wildman–Crippen LogP) is 5.40. The molecule has 3 aromatic rings. The van der Waals surface area contributed by atoms with Gasteiger partial charge in [0.2, 0.25) is 5.91 Å². The highest BCUT2D eigenvalue weighted by Crippen LogP contribution is 2.31. The summed E-state index contributed by atoms with van der Waals surface area (Å²) in [4.78, 5) is 18.0. The summed E-state index contributed by atoms with van der Waals surface area (Å²) >= 11 is 1.47. The second-order valence-electron chi connectivity index (χ2n) is 6.66. The van der Waals surface area contributed by atoms with E-state index in [0.29, 0.717) is 16.6 Å². The van der Waals surface area contributed by atoms with Crippen LogP contribution in [-0.2, 0) is 4.79 Å². The number of rotatable bonds is 6. The number of amides is 1. The normalized spacial score (nSPS) is 10.9. The van der Waals surface area contributed by atoms with Crippen LogP contribution in [0.5, 0.6) is 11.5 Å². The second-order valence-corrected chi connectivity index (χ2v) is 7.86. The van der Waals surface area contributed by atoms with Crippen LogP contribution in [0.4, 0.5) is 5.13 Å². The van der Waals surface area contributed by atoms with E-state index in [2.05, 4.69) is 42.3 Å².